The lowest BCUT2D eigenvalue weighted by atomic mass is 10.2. The van der Waals surface area contributed by atoms with Gasteiger partial charge in [-0.3, -0.25) is 0 Å². The molecule has 0 bridgehead atoms. The summed E-state index contributed by atoms with van der Waals surface area (Å²) in [6, 6.07) is 4.50. The van der Waals surface area contributed by atoms with E-state index >= 15 is 0 Å². The van der Waals surface area contributed by atoms with Gasteiger partial charge in [0.2, 0.25) is 0 Å². The lowest BCUT2D eigenvalue weighted by molar-refractivity contribution is 0.797. The fraction of sp³-hybridized carbons (Fsp3) is 0.333. The predicted octanol–water partition coefficient (Wildman–Crippen LogP) is 3.30. The Morgan fingerprint density at radius 1 is 1.53 bits per heavy atom. The monoisotopic (exact) mass is 259 g/mol. The summed E-state index contributed by atoms with van der Waals surface area (Å²) in [6.45, 7) is 2.11. The van der Waals surface area contributed by atoms with Gasteiger partial charge >= 0.3 is 0 Å². The van der Waals surface area contributed by atoms with Crippen LogP contribution in [-0.2, 0) is 6.42 Å². The van der Waals surface area contributed by atoms with E-state index in [1.54, 1.807) is 11.3 Å². The van der Waals surface area contributed by atoms with E-state index in [4.69, 9.17) is 11.6 Å². The highest BCUT2D eigenvalue weighted by Gasteiger charge is 2.09. The minimum Gasteiger partial charge on any atom is -0.364 e. The molecule has 0 fully saturated rings. The minimum atomic E-state index is 0.310. The molecule has 15 heavy (non-hydrogen) atoms. The molecule has 0 spiro atoms. The molecule has 0 radical (unpaired) electrons. The zero-order chi connectivity index (χ0) is 10.7. The van der Waals surface area contributed by atoms with Crippen LogP contribution in [0.15, 0.2) is 17.5 Å². The topological polar surface area (TPSA) is 37.8 Å². The lowest BCUT2D eigenvalue weighted by Crippen LogP contribution is -2.17. The molecule has 2 aromatic heterocycles. The largest absolute Gasteiger partial charge is 0.364 e. The van der Waals surface area contributed by atoms with E-state index in [2.05, 4.69) is 38.5 Å². The van der Waals surface area contributed by atoms with Gasteiger partial charge in [-0.2, -0.15) is 8.75 Å². The predicted molar refractivity (Wildman–Crippen MR) is 66.0 cm³/mol. The van der Waals surface area contributed by atoms with Crippen LogP contribution >= 0.6 is 34.7 Å². The molecule has 2 aromatic rings. The molecule has 0 amide bonds. The maximum Gasteiger partial charge on any atom is 0.186 e. The molecular weight excluding hydrogens is 250 g/mol. The summed E-state index contributed by atoms with van der Waals surface area (Å²) < 4.78 is 7.98. The molecule has 80 valence electrons. The molecule has 6 heteroatoms. The van der Waals surface area contributed by atoms with Gasteiger partial charge in [-0.25, -0.2) is 0 Å². The van der Waals surface area contributed by atoms with Crippen molar-refractivity contribution >= 4 is 40.5 Å². The second kappa shape index (κ2) is 4.92. The van der Waals surface area contributed by atoms with Crippen molar-refractivity contribution in [2.75, 3.05) is 5.32 Å². The van der Waals surface area contributed by atoms with Gasteiger partial charge in [0.1, 0.15) is 0 Å². The highest BCUT2D eigenvalue weighted by molar-refractivity contribution is 7.09. The summed E-state index contributed by atoms with van der Waals surface area (Å²) in [5, 5.41) is 5.78. The van der Waals surface area contributed by atoms with Gasteiger partial charge in [0.05, 0.1) is 11.7 Å². The summed E-state index contributed by atoms with van der Waals surface area (Å²) in [5.41, 5.74) is 0. The average molecular weight is 260 g/mol. The molecule has 3 nitrogen and oxygen atoms in total. The van der Waals surface area contributed by atoms with Crippen LogP contribution in [-0.4, -0.2) is 14.8 Å². The maximum absolute atomic E-state index is 5.84. The fourth-order valence-electron chi connectivity index (χ4n) is 1.28. The molecule has 0 aliphatic rings. The Morgan fingerprint density at radius 3 is 3.00 bits per heavy atom. The zero-order valence-corrected chi connectivity index (χ0v) is 10.5. The first-order valence-corrected chi connectivity index (χ1v) is 6.51. The number of nitrogens with zero attached hydrogens (tertiary/aromatic N) is 2. The third-order valence-corrected chi connectivity index (χ3v) is 3.71. The van der Waals surface area contributed by atoms with Gasteiger partial charge in [0.25, 0.3) is 0 Å². The quantitative estimate of drug-likeness (QED) is 0.916. The van der Waals surface area contributed by atoms with Crippen LogP contribution in [0.5, 0.6) is 0 Å². The van der Waals surface area contributed by atoms with Crippen molar-refractivity contribution in [3.05, 3.63) is 27.5 Å². The molecule has 0 aliphatic heterocycles. The van der Waals surface area contributed by atoms with Crippen LogP contribution in [0.2, 0.25) is 5.15 Å². The van der Waals surface area contributed by atoms with Gasteiger partial charge in [-0.1, -0.05) is 17.7 Å². The number of aromatic nitrogens is 2. The second-order valence-corrected chi connectivity index (χ2v) is 5.15. The van der Waals surface area contributed by atoms with Crippen LogP contribution in [0.25, 0.3) is 0 Å². The van der Waals surface area contributed by atoms with E-state index in [1.165, 1.54) is 4.88 Å². The first kappa shape index (κ1) is 10.9. The second-order valence-electron chi connectivity index (χ2n) is 3.23. The van der Waals surface area contributed by atoms with E-state index in [0.717, 1.165) is 18.1 Å². The van der Waals surface area contributed by atoms with Crippen LogP contribution in [0.4, 0.5) is 5.82 Å². The number of hydrogen-bond donors (Lipinski definition) is 1. The van der Waals surface area contributed by atoms with E-state index in [1.807, 2.05) is 0 Å². The van der Waals surface area contributed by atoms with Crippen molar-refractivity contribution in [3.8, 4) is 0 Å². The van der Waals surface area contributed by atoms with Gasteiger partial charge in [-0.15, -0.1) is 11.3 Å². The van der Waals surface area contributed by atoms with Crippen molar-refractivity contribution in [1.82, 2.24) is 8.75 Å². The standard InChI is InChI=1S/C9H10ClN3S2/c1-6(5-7-3-2-4-14-7)11-9-8(10)12-15-13-9/h2-4,6H,5H2,1H3,(H,11,13). The summed E-state index contributed by atoms with van der Waals surface area (Å²) in [6.07, 6.45) is 0.978. The summed E-state index contributed by atoms with van der Waals surface area (Å²) >= 11 is 8.73. The van der Waals surface area contributed by atoms with Crippen LogP contribution in [0.1, 0.15) is 11.8 Å². The van der Waals surface area contributed by atoms with E-state index in [0.29, 0.717) is 17.0 Å². The smallest absolute Gasteiger partial charge is 0.186 e. The third-order valence-electron chi connectivity index (χ3n) is 1.92. The minimum absolute atomic E-state index is 0.310. The molecule has 0 aromatic carbocycles. The molecule has 0 aliphatic carbocycles. The maximum atomic E-state index is 5.84. The van der Waals surface area contributed by atoms with Gasteiger partial charge in [0.15, 0.2) is 11.0 Å². The van der Waals surface area contributed by atoms with Crippen LogP contribution in [0.3, 0.4) is 0 Å². The van der Waals surface area contributed by atoms with Crippen molar-refractivity contribution in [1.29, 1.82) is 0 Å². The normalized spacial score (nSPS) is 12.7. The summed E-state index contributed by atoms with van der Waals surface area (Å²) in [4.78, 5) is 1.36. The first-order valence-electron chi connectivity index (χ1n) is 4.52. The van der Waals surface area contributed by atoms with E-state index in [9.17, 15) is 0 Å². The van der Waals surface area contributed by atoms with Crippen LogP contribution < -0.4 is 5.32 Å². The molecule has 0 saturated carbocycles. The van der Waals surface area contributed by atoms with Gasteiger partial charge in [0, 0.05) is 17.3 Å². The summed E-state index contributed by atoms with van der Waals surface area (Å²) in [7, 11) is 0. The van der Waals surface area contributed by atoms with Crippen molar-refractivity contribution in [2.45, 2.75) is 19.4 Å². The Hall–Kier alpha value is -0.650. The van der Waals surface area contributed by atoms with E-state index < -0.39 is 0 Å². The average Bonchev–Trinajstić information content (AvgIpc) is 2.79. The third kappa shape index (κ3) is 2.90. The number of nitrogens with one attached hydrogen (secondary N) is 1. The molecule has 1 N–H and O–H groups in total. The van der Waals surface area contributed by atoms with Gasteiger partial charge < -0.3 is 5.32 Å². The molecule has 1 atom stereocenters. The number of halogens is 1. The Labute approximate surface area is 101 Å². The molecule has 2 rings (SSSR count). The van der Waals surface area contributed by atoms with Crippen molar-refractivity contribution in [2.24, 2.45) is 0 Å². The Morgan fingerprint density at radius 2 is 2.40 bits per heavy atom. The van der Waals surface area contributed by atoms with Gasteiger partial charge in [-0.05, 0) is 18.4 Å². The highest BCUT2D eigenvalue weighted by atomic mass is 35.5. The van der Waals surface area contributed by atoms with Crippen molar-refractivity contribution in [3.63, 3.8) is 0 Å². The SMILES string of the molecule is CC(Cc1cccs1)Nc1nsnc1Cl. The van der Waals surface area contributed by atoms with Crippen molar-refractivity contribution < 1.29 is 0 Å². The number of anilines is 1. The fourth-order valence-corrected chi connectivity index (χ4v) is 2.77. The molecular formula is C9H10ClN3S2. The number of thiophene rings is 1. The Balaban J connectivity index is 1.93. The number of rotatable bonds is 4. The number of hydrogen-bond acceptors (Lipinski definition) is 5. The Kier molecular flexibility index (Phi) is 3.56. The lowest BCUT2D eigenvalue weighted by Gasteiger charge is -2.11. The van der Waals surface area contributed by atoms with Crippen LogP contribution in [0, 0.1) is 0 Å². The molecule has 0 saturated heterocycles. The summed E-state index contributed by atoms with van der Waals surface area (Å²) in [5.74, 6) is 0.686. The highest BCUT2D eigenvalue weighted by Crippen LogP contribution is 2.20. The first-order chi connectivity index (χ1) is 7.25. The molecule has 2 heterocycles. The Bertz CT molecular complexity index is 413. The van der Waals surface area contributed by atoms with E-state index in [-0.39, 0.29) is 0 Å². The zero-order valence-electron chi connectivity index (χ0n) is 8.11. The molecule has 1 unspecified atom stereocenters.